The first kappa shape index (κ1) is 15.6. The van der Waals surface area contributed by atoms with Crippen molar-refractivity contribution in [3.05, 3.63) is 76.3 Å². The molecular weight excluding hydrogens is 314 g/mol. The lowest BCUT2D eigenvalue weighted by atomic mass is 10.1. The second-order valence-electron chi connectivity index (χ2n) is 6.47. The van der Waals surface area contributed by atoms with Gasteiger partial charge in [-0.05, 0) is 38.0 Å². The van der Waals surface area contributed by atoms with Crippen LogP contribution in [0.2, 0.25) is 0 Å². The molecular formula is C20H19N3O2. The molecule has 25 heavy (non-hydrogen) atoms. The Bertz CT molecular complexity index is 977. The summed E-state index contributed by atoms with van der Waals surface area (Å²) in [6, 6.07) is 14.6. The third kappa shape index (κ3) is 2.93. The monoisotopic (exact) mass is 333 g/mol. The number of fused-ring (bicyclic) bond motifs is 1. The first-order valence-corrected chi connectivity index (χ1v) is 8.51. The topological polar surface area (TPSA) is 66.1 Å². The van der Waals surface area contributed by atoms with E-state index in [1.165, 1.54) is 6.07 Å². The van der Waals surface area contributed by atoms with Gasteiger partial charge in [-0.3, -0.25) is 14.6 Å². The molecule has 0 radical (unpaired) electrons. The van der Waals surface area contributed by atoms with E-state index < -0.39 is 0 Å². The Labute approximate surface area is 145 Å². The van der Waals surface area contributed by atoms with Crippen molar-refractivity contribution in [2.45, 2.75) is 31.8 Å². The standard InChI is InChI=1S/C20H19N3O2/c1-13(17-7-4-5-11-21-17)23(14-9-10-14)20(25)16-12-19(24)22-18-8-3-2-6-15(16)18/h2-8,11-14H,9-10H2,1H3,(H,22,24)/t13-/m0/s1. The smallest absolute Gasteiger partial charge is 0.255 e. The van der Waals surface area contributed by atoms with Gasteiger partial charge in [0.05, 0.1) is 17.3 Å². The first-order valence-electron chi connectivity index (χ1n) is 8.51. The second kappa shape index (κ2) is 6.16. The summed E-state index contributed by atoms with van der Waals surface area (Å²) in [6.07, 6.45) is 3.72. The minimum Gasteiger partial charge on any atom is -0.327 e. The molecule has 0 saturated heterocycles. The van der Waals surface area contributed by atoms with E-state index in [1.807, 2.05) is 54.3 Å². The summed E-state index contributed by atoms with van der Waals surface area (Å²) in [4.78, 5) is 34.4. The number of H-pyrrole nitrogens is 1. The summed E-state index contributed by atoms with van der Waals surface area (Å²) < 4.78 is 0. The second-order valence-corrected chi connectivity index (χ2v) is 6.47. The number of para-hydroxylation sites is 1. The molecule has 1 aromatic carbocycles. The van der Waals surface area contributed by atoms with Crippen molar-refractivity contribution in [3.8, 4) is 0 Å². The summed E-state index contributed by atoms with van der Waals surface area (Å²) >= 11 is 0. The lowest BCUT2D eigenvalue weighted by molar-refractivity contribution is 0.0672. The molecule has 1 fully saturated rings. The molecule has 0 spiro atoms. The molecule has 5 heteroatoms. The molecule has 126 valence electrons. The fourth-order valence-corrected chi connectivity index (χ4v) is 3.30. The highest BCUT2D eigenvalue weighted by Gasteiger charge is 2.37. The van der Waals surface area contributed by atoms with Crippen molar-refractivity contribution in [3.63, 3.8) is 0 Å². The van der Waals surface area contributed by atoms with Gasteiger partial charge in [0.25, 0.3) is 5.91 Å². The van der Waals surface area contributed by atoms with E-state index in [1.54, 1.807) is 6.20 Å². The third-order valence-corrected chi connectivity index (χ3v) is 4.69. The molecule has 1 aliphatic carbocycles. The van der Waals surface area contributed by atoms with E-state index in [-0.39, 0.29) is 23.6 Å². The summed E-state index contributed by atoms with van der Waals surface area (Å²) in [7, 11) is 0. The normalized spacial score (nSPS) is 15.1. The van der Waals surface area contributed by atoms with E-state index in [9.17, 15) is 9.59 Å². The van der Waals surface area contributed by atoms with Gasteiger partial charge >= 0.3 is 0 Å². The molecule has 1 saturated carbocycles. The molecule has 0 bridgehead atoms. The van der Waals surface area contributed by atoms with Gasteiger partial charge in [0, 0.05) is 29.2 Å². The number of rotatable bonds is 4. The van der Waals surface area contributed by atoms with Crippen molar-refractivity contribution >= 4 is 16.8 Å². The van der Waals surface area contributed by atoms with Crippen molar-refractivity contribution in [2.24, 2.45) is 0 Å². The maximum atomic E-state index is 13.4. The van der Waals surface area contributed by atoms with E-state index >= 15 is 0 Å². The van der Waals surface area contributed by atoms with E-state index in [0.29, 0.717) is 11.1 Å². The van der Waals surface area contributed by atoms with Crippen LogP contribution in [0, 0.1) is 0 Å². The highest BCUT2D eigenvalue weighted by molar-refractivity contribution is 6.06. The van der Waals surface area contributed by atoms with Gasteiger partial charge in [-0.2, -0.15) is 0 Å². The van der Waals surface area contributed by atoms with Gasteiger partial charge in [-0.25, -0.2) is 0 Å². The number of nitrogens with zero attached hydrogens (tertiary/aromatic N) is 2. The molecule has 5 nitrogen and oxygen atoms in total. The van der Waals surface area contributed by atoms with Gasteiger partial charge in [-0.1, -0.05) is 24.3 Å². The van der Waals surface area contributed by atoms with Crippen molar-refractivity contribution in [1.29, 1.82) is 0 Å². The van der Waals surface area contributed by atoms with Gasteiger partial charge in [0.2, 0.25) is 5.56 Å². The zero-order chi connectivity index (χ0) is 17.4. The molecule has 0 aliphatic heterocycles. The highest BCUT2D eigenvalue weighted by atomic mass is 16.2. The number of amides is 1. The van der Waals surface area contributed by atoms with Crippen molar-refractivity contribution < 1.29 is 4.79 Å². The van der Waals surface area contributed by atoms with Crippen molar-refractivity contribution in [2.75, 3.05) is 0 Å². The van der Waals surface area contributed by atoms with Crippen LogP contribution in [0.1, 0.15) is 41.9 Å². The number of carbonyl (C=O) groups is 1. The largest absolute Gasteiger partial charge is 0.327 e. The number of benzene rings is 1. The van der Waals surface area contributed by atoms with Gasteiger partial charge in [0.15, 0.2) is 0 Å². The SMILES string of the molecule is C[C@@H](c1ccccn1)N(C(=O)c1cc(=O)[nH]c2ccccc12)C1CC1. The Morgan fingerprint density at radius 2 is 1.96 bits per heavy atom. The van der Waals surface area contributed by atoms with E-state index in [2.05, 4.69) is 9.97 Å². The predicted octanol–water partition coefficient (Wildman–Crippen LogP) is 3.29. The average molecular weight is 333 g/mol. The number of carbonyl (C=O) groups excluding carboxylic acids is 1. The highest BCUT2D eigenvalue weighted by Crippen LogP contribution is 2.35. The van der Waals surface area contributed by atoms with Crippen LogP contribution in [0.15, 0.2) is 59.5 Å². The first-order chi connectivity index (χ1) is 12.1. The fraction of sp³-hybridized carbons (Fsp3) is 0.250. The zero-order valence-electron chi connectivity index (χ0n) is 14.0. The van der Waals surface area contributed by atoms with Gasteiger partial charge in [0.1, 0.15) is 0 Å². The Hall–Kier alpha value is -2.95. The average Bonchev–Trinajstić information content (AvgIpc) is 3.46. The summed E-state index contributed by atoms with van der Waals surface area (Å²) in [5.74, 6) is -0.108. The minimum absolute atomic E-state index is 0.108. The summed E-state index contributed by atoms with van der Waals surface area (Å²) in [6.45, 7) is 1.99. The molecule has 1 atom stereocenters. The molecule has 2 aromatic heterocycles. The number of nitrogens with one attached hydrogen (secondary N) is 1. The number of hydrogen-bond donors (Lipinski definition) is 1. The number of aromatic nitrogens is 2. The zero-order valence-corrected chi connectivity index (χ0v) is 14.0. The predicted molar refractivity (Wildman–Crippen MR) is 96.4 cm³/mol. The van der Waals surface area contributed by atoms with Crippen molar-refractivity contribution in [1.82, 2.24) is 14.9 Å². The third-order valence-electron chi connectivity index (χ3n) is 4.69. The Balaban J connectivity index is 1.79. The Kier molecular flexibility index (Phi) is 3.84. The number of pyridine rings is 2. The quantitative estimate of drug-likeness (QED) is 0.797. The van der Waals surface area contributed by atoms with Crippen LogP contribution in [0.5, 0.6) is 0 Å². The van der Waals surface area contributed by atoms with Crippen LogP contribution >= 0.6 is 0 Å². The Morgan fingerprint density at radius 1 is 1.20 bits per heavy atom. The lowest BCUT2D eigenvalue weighted by Crippen LogP contribution is -2.36. The number of aromatic amines is 1. The van der Waals surface area contributed by atoms with Crippen LogP contribution < -0.4 is 5.56 Å². The van der Waals surface area contributed by atoms with E-state index in [0.717, 1.165) is 23.9 Å². The molecule has 1 N–H and O–H groups in total. The maximum absolute atomic E-state index is 13.4. The molecule has 1 aliphatic rings. The number of hydrogen-bond acceptors (Lipinski definition) is 3. The molecule has 2 heterocycles. The van der Waals surface area contributed by atoms with Gasteiger partial charge < -0.3 is 9.88 Å². The minimum atomic E-state index is -0.261. The lowest BCUT2D eigenvalue weighted by Gasteiger charge is -2.29. The van der Waals surface area contributed by atoms with E-state index in [4.69, 9.17) is 0 Å². The summed E-state index contributed by atoms with van der Waals surface area (Å²) in [5, 5.41) is 0.769. The van der Waals surface area contributed by atoms with Crippen LogP contribution in [0.25, 0.3) is 10.9 Å². The van der Waals surface area contributed by atoms with Crippen LogP contribution in [0.3, 0.4) is 0 Å². The summed E-state index contributed by atoms with van der Waals surface area (Å²) in [5.41, 5.74) is 1.73. The molecule has 4 rings (SSSR count). The molecule has 0 unspecified atom stereocenters. The Morgan fingerprint density at radius 3 is 2.68 bits per heavy atom. The molecule has 3 aromatic rings. The van der Waals surface area contributed by atoms with Crippen LogP contribution in [-0.4, -0.2) is 26.8 Å². The molecule has 1 amide bonds. The van der Waals surface area contributed by atoms with Gasteiger partial charge in [-0.15, -0.1) is 0 Å². The van der Waals surface area contributed by atoms with Crippen LogP contribution in [0.4, 0.5) is 0 Å². The maximum Gasteiger partial charge on any atom is 0.255 e. The fourth-order valence-electron chi connectivity index (χ4n) is 3.30. The van der Waals surface area contributed by atoms with Crippen LogP contribution in [-0.2, 0) is 0 Å².